The predicted molar refractivity (Wildman–Crippen MR) is 130 cm³/mol. The van der Waals surface area contributed by atoms with Gasteiger partial charge in [0, 0.05) is 0 Å². The van der Waals surface area contributed by atoms with Gasteiger partial charge in [0.25, 0.3) is 5.91 Å². The van der Waals surface area contributed by atoms with Crippen molar-refractivity contribution in [3.05, 3.63) is 88.6 Å². The number of hydrogen-bond donors (Lipinski definition) is 2. The van der Waals surface area contributed by atoms with Crippen LogP contribution in [0.3, 0.4) is 0 Å². The average Bonchev–Trinajstić information content (AvgIpc) is 3.21. The van der Waals surface area contributed by atoms with Crippen LogP contribution in [0.2, 0.25) is 0 Å². The lowest BCUT2D eigenvalue weighted by molar-refractivity contribution is -0.907. The van der Waals surface area contributed by atoms with Crippen molar-refractivity contribution in [2.24, 2.45) is 0 Å². The van der Waals surface area contributed by atoms with E-state index in [4.69, 9.17) is 4.74 Å². The number of benzene rings is 2. The second kappa shape index (κ2) is 9.54. The Morgan fingerprint density at radius 2 is 1.70 bits per heavy atom. The number of nitrogens with zero attached hydrogens (tertiary/aromatic N) is 1. The molecule has 2 N–H and O–H groups in total. The molecule has 0 saturated carbocycles. The number of hydrazine groups is 1. The third-order valence-corrected chi connectivity index (χ3v) is 6.90. The van der Waals surface area contributed by atoms with Gasteiger partial charge in [0.05, 0.1) is 5.70 Å². The summed E-state index contributed by atoms with van der Waals surface area (Å²) in [5, 5.41) is 1.90. The molecule has 5 rings (SSSR count). The maximum Gasteiger partial charge on any atom is 0.296 e. The van der Waals surface area contributed by atoms with Crippen molar-refractivity contribution in [2.75, 3.05) is 19.6 Å². The van der Waals surface area contributed by atoms with Crippen molar-refractivity contribution in [3.63, 3.8) is 0 Å². The maximum atomic E-state index is 13.7. The first-order chi connectivity index (χ1) is 16.1. The second-order valence-electron chi connectivity index (χ2n) is 9.62. The van der Waals surface area contributed by atoms with Crippen molar-refractivity contribution < 1.29 is 14.4 Å². The van der Waals surface area contributed by atoms with Gasteiger partial charge in [-0.1, -0.05) is 60.7 Å². The van der Waals surface area contributed by atoms with E-state index in [1.807, 2.05) is 17.1 Å². The van der Waals surface area contributed by atoms with Crippen molar-refractivity contribution in [1.82, 2.24) is 10.4 Å². The molecule has 1 aliphatic carbocycles. The summed E-state index contributed by atoms with van der Waals surface area (Å²) in [5.74, 6) is 0.147. The van der Waals surface area contributed by atoms with E-state index in [9.17, 15) is 4.79 Å². The van der Waals surface area contributed by atoms with Gasteiger partial charge in [0.1, 0.15) is 31.3 Å². The lowest BCUT2D eigenvalue weighted by Crippen LogP contribution is -3.16. The maximum absolute atomic E-state index is 13.7. The number of nitrogens with one attached hydrogen (secondary N) is 2. The van der Waals surface area contributed by atoms with Crippen LogP contribution in [0.25, 0.3) is 6.08 Å². The van der Waals surface area contributed by atoms with E-state index in [1.165, 1.54) is 27.2 Å². The summed E-state index contributed by atoms with van der Waals surface area (Å²) in [6.07, 6.45) is 5.77. The van der Waals surface area contributed by atoms with Crippen LogP contribution in [0.15, 0.2) is 77.5 Å². The number of allylic oxidation sites excluding steroid dienone is 1. The highest BCUT2D eigenvalue weighted by molar-refractivity contribution is 5.79. The number of hydrogen-bond acceptors (Lipinski definition) is 3. The minimum atomic E-state index is -0.0524. The SMILES string of the molecule is C[C@@H]1C[NH+](CC(=O)N2NC3=C(CCC/C3=C\c3ccccc3)[C@H]2c2ccccc2)C[C@H](C)O1. The van der Waals surface area contributed by atoms with Crippen molar-refractivity contribution >= 4 is 12.0 Å². The first kappa shape index (κ1) is 21.9. The molecule has 1 amide bonds. The molecule has 1 saturated heterocycles. The lowest BCUT2D eigenvalue weighted by atomic mass is 9.86. The predicted octanol–water partition coefficient (Wildman–Crippen LogP) is 3.29. The molecule has 0 spiro atoms. The van der Waals surface area contributed by atoms with E-state index in [-0.39, 0.29) is 24.2 Å². The Hall–Kier alpha value is -2.89. The first-order valence-corrected chi connectivity index (χ1v) is 12.2. The van der Waals surface area contributed by atoms with E-state index in [0.29, 0.717) is 6.54 Å². The zero-order valence-electron chi connectivity index (χ0n) is 19.6. The molecule has 0 aromatic heterocycles. The third kappa shape index (κ3) is 4.75. The highest BCUT2D eigenvalue weighted by Crippen LogP contribution is 2.43. The Labute approximate surface area is 196 Å². The molecule has 0 bridgehead atoms. The topological polar surface area (TPSA) is 46.0 Å². The first-order valence-electron chi connectivity index (χ1n) is 12.2. The molecule has 5 nitrogen and oxygen atoms in total. The van der Waals surface area contributed by atoms with Gasteiger partial charge in [-0.25, -0.2) is 5.01 Å². The third-order valence-electron chi connectivity index (χ3n) is 6.90. The van der Waals surface area contributed by atoms with Crippen LogP contribution in [-0.2, 0) is 9.53 Å². The fourth-order valence-corrected chi connectivity index (χ4v) is 5.60. The minimum absolute atomic E-state index is 0.0524. The summed E-state index contributed by atoms with van der Waals surface area (Å²) in [5.41, 5.74) is 9.71. The molecule has 172 valence electrons. The summed E-state index contributed by atoms with van der Waals surface area (Å²) in [7, 11) is 0. The summed E-state index contributed by atoms with van der Waals surface area (Å²) >= 11 is 0. The summed E-state index contributed by atoms with van der Waals surface area (Å²) < 4.78 is 5.88. The molecule has 3 aliphatic rings. The standard InChI is InChI=1S/C28H33N3O2/c1-20-17-30(18-21(2)33-20)19-26(32)31-28(23-12-7-4-8-13-23)25-15-9-14-24(27(25)29-31)16-22-10-5-3-6-11-22/h3-8,10-13,16,20-21,28-29H,9,14-15,17-19H2,1-2H3/p+1/b24-16+/t20-,21+,28-/m1/s1. The van der Waals surface area contributed by atoms with E-state index in [0.717, 1.165) is 38.0 Å². The fourth-order valence-electron chi connectivity index (χ4n) is 5.60. The van der Waals surface area contributed by atoms with Crippen molar-refractivity contribution in [1.29, 1.82) is 0 Å². The summed E-state index contributed by atoms with van der Waals surface area (Å²) in [4.78, 5) is 15.0. The van der Waals surface area contributed by atoms with Crippen LogP contribution < -0.4 is 10.3 Å². The van der Waals surface area contributed by atoms with Crippen LogP contribution in [0, 0.1) is 0 Å². The van der Waals surface area contributed by atoms with Crippen LogP contribution in [0.1, 0.15) is 50.3 Å². The normalized spacial score (nSPS) is 28.5. The molecule has 5 heteroatoms. The van der Waals surface area contributed by atoms with E-state index in [2.05, 4.69) is 73.9 Å². The molecule has 2 aromatic rings. The second-order valence-corrected chi connectivity index (χ2v) is 9.62. The molecular formula is C28H34N3O2+. The van der Waals surface area contributed by atoms with E-state index >= 15 is 0 Å². The number of carbonyl (C=O) groups excluding carboxylic acids is 1. The van der Waals surface area contributed by atoms with Gasteiger partial charge in [0.15, 0.2) is 6.54 Å². The van der Waals surface area contributed by atoms with E-state index in [1.54, 1.807) is 0 Å². The van der Waals surface area contributed by atoms with Gasteiger partial charge in [0.2, 0.25) is 0 Å². The van der Waals surface area contributed by atoms with Gasteiger partial charge >= 0.3 is 0 Å². The van der Waals surface area contributed by atoms with E-state index < -0.39 is 0 Å². The van der Waals surface area contributed by atoms with Crippen LogP contribution in [0.5, 0.6) is 0 Å². The Bertz CT molecular complexity index is 1040. The molecule has 0 radical (unpaired) electrons. The molecule has 2 heterocycles. The Balaban J connectivity index is 1.45. The van der Waals surface area contributed by atoms with Gasteiger partial charge < -0.3 is 9.64 Å². The smallest absolute Gasteiger partial charge is 0.296 e. The van der Waals surface area contributed by atoms with Crippen LogP contribution in [0.4, 0.5) is 0 Å². The number of ether oxygens (including phenoxy) is 1. The highest BCUT2D eigenvalue weighted by atomic mass is 16.5. The summed E-state index contributed by atoms with van der Waals surface area (Å²) in [6.45, 7) is 6.41. The van der Waals surface area contributed by atoms with Crippen LogP contribution in [-0.4, -0.2) is 42.8 Å². The molecule has 2 aliphatic heterocycles. The summed E-state index contributed by atoms with van der Waals surface area (Å²) in [6, 6.07) is 20.9. The number of morpholine rings is 1. The quantitative estimate of drug-likeness (QED) is 0.761. The largest absolute Gasteiger partial charge is 0.364 e. The van der Waals surface area contributed by atoms with Gasteiger partial charge in [-0.05, 0) is 61.5 Å². The van der Waals surface area contributed by atoms with Crippen molar-refractivity contribution in [3.8, 4) is 0 Å². The zero-order chi connectivity index (χ0) is 22.8. The molecule has 4 atom stereocenters. The van der Waals surface area contributed by atoms with Crippen molar-refractivity contribution in [2.45, 2.75) is 51.4 Å². The van der Waals surface area contributed by atoms with Crippen LogP contribution >= 0.6 is 0 Å². The van der Waals surface area contributed by atoms with Gasteiger partial charge in [-0.15, -0.1) is 0 Å². The highest BCUT2D eigenvalue weighted by Gasteiger charge is 2.40. The van der Waals surface area contributed by atoms with Gasteiger partial charge in [-0.3, -0.25) is 10.2 Å². The molecule has 1 unspecified atom stereocenters. The fraction of sp³-hybridized carbons (Fsp3) is 0.393. The molecule has 2 aromatic carbocycles. The molecule has 33 heavy (non-hydrogen) atoms. The molecule has 1 fully saturated rings. The average molecular weight is 445 g/mol. The number of rotatable bonds is 4. The Morgan fingerprint density at radius 3 is 2.39 bits per heavy atom. The monoisotopic (exact) mass is 444 g/mol. The number of quaternary nitrogens is 1. The Morgan fingerprint density at radius 1 is 1.03 bits per heavy atom. The van der Waals surface area contributed by atoms with Gasteiger partial charge in [-0.2, -0.15) is 0 Å². The minimum Gasteiger partial charge on any atom is -0.364 e. The Kier molecular flexibility index (Phi) is 6.34. The zero-order valence-corrected chi connectivity index (χ0v) is 19.6. The molecular weight excluding hydrogens is 410 g/mol. The number of amides is 1. The number of carbonyl (C=O) groups is 1. The lowest BCUT2D eigenvalue weighted by Gasteiger charge is -2.34.